The minimum Gasteiger partial charge on any atom is -0.351 e. The first-order valence-corrected chi connectivity index (χ1v) is 10.4. The molecule has 0 amide bonds. The van der Waals surface area contributed by atoms with Gasteiger partial charge in [0, 0.05) is 35.8 Å². The summed E-state index contributed by atoms with van der Waals surface area (Å²) in [7, 11) is 0. The molecule has 0 bridgehead atoms. The number of halogens is 3. The molecule has 2 aromatic heterocycles. The lowest BCUT2D eigenvalue weighted by molar-refractivity contribution is -0.138. The molecule has 4 rings (SSSR count). The Bertz CT molecular complexity index is 1030. The monoisotopic (exact) mass is 427 g/mol. The average Bonchev–Trinajstić information content (AvgIpc) is 2.75. The van der Waals surface area contributed by atoms with Crippen molar-refractivity contribution in [3.63, 3.8) is 0 Å². The standard InChI is InChI=1S/C23H24F3N5/c1-15-18(23(24,25)26)10-5-11-19(15)29-21-13-20(16-7-6-12-27-14-16)30-22(31-21)28-17-8-3-2-4-9-17/h5-7,10-14,17H,2-4,8-9H2,1H3,(H2,28,29,30,31). The highest BCUT2D eigenvalue weighted by Gasteiger charge is 2.33. The minimum atomic E-state index is -4.41. The fraction of sp³-hybridized carbons (Fsp3) is 0.348. The van der Waals surface area contributed by atoms with E-state index in [1.807, 2.05) is 12.1 Å². The first-order chi connectivity index (χ1) is 14.9. The van der Waals surface area contributed by atoms with Crippen molar-refractivity contribution in [3.05, 3.63) is 59.9 Å². The average molecular weight is 427 g/mol. The maximum absolute atomic E-state index is 13.3. The molecule has 0 unspecified atom stereocenters. The number of anilines is 3. The second-order valence-corrected chi connectivity index (χ2v) is 7.78. The third-order valence-corrected chi connectivity index (χ3v) is 5.52. The van der Waals surface area contributed by atoms with E-state index in [2.05, 4.69) is 25.6 Å². The molecule has 1 fully saturated rings. The molecule has 2 N–H and O–H groups in total. The summed E-state index contributed by atoms with van der Waals surface area (Å²) in [4.78, 5) is 13.3. The van der Waals surface area contributed by atoms with Crippen molar-refractivity contribution in [3.8, 4) is 11.3 Å². The second-order valence-electron chi connectivity index (χ2n) is 7.78. The van der Waals surface area contributed by atoms with E-state index in [9.17, 15) is 13.2 Å². The van der Waals surface area contributed by atoms with Crippen LogP contribution in [0, 0.1) is 6.92 Å². The molecule has 2 heterocycles. The number of nitrogens with one attached hydrogen (secondary N) is 2. The van der Waals surface area contributed by atoms with Crippen molar-refractivity contribution in [2.75, 3.05) is 10.6 Å². The second kappa shape index (κ2) is 8.91. The van der Waals surface area contributed by atoms with Gasteiger partial charge in [-0.15, -0.1) is 0 Å². The van der Waals surface area contributed by atoms with Gasteiger partial charge in [-0.05, 0) is 49.6 Å². The molecule has 1 aromatic carbocycles. The first kappa shape index (κ1) is 21.1. The van der Waals surface area contributed by atoms with Gasteiger partial charge >= 0.3 is 6.18 Å². The van der Waals surface area contributed by atoms with Crippen LogP contribution in [0.1, 0.15) is 43.2 Å². The van der Waals surface area contributed by atoms with Gasteiger partial charge in [-0.3, -0.25) is 4.98 Å². The Morgan fingerprint density at radius 2 is 1.81 bits per heavy atom. The molecule has 0 aliphatic heterocycles. The Morgan fingerprint density at radius 1 is 1.00 bits per heavy atom. The smallest absolute Gasteiger partial charge is 0.351 e. The van der Waals surface area contributed by atoms with Crippen LogP contribution in [0.3, 0.4) is 0 Å². The third kappa shape index (κ3) is 5.13. The molecule has 162 valence electrons. The predicted octanol–water partition coefficient (Wildman–Crippen LogP) is 6.35. The molecule has 0 saturated heterocycles. The van der Waals surface area contributed by atoms with E-state index < -0.39 is 11.7 Å². The number of rotatable bonds is 5. The maximum Gasteiger partial charge on any atom is 0.416 e. The van der Waals surface area contributed by atoms with Crippen LogP contribution in [0.4, 0.5) is 30.6 Å². The minimum absolute atomic E-state index is 0.123. The Balaban J connectivity index is 1.69. The van der Waals surface area contributed by atoms with Gasteiger partial charge in [0.25, 0.3) is 0 Å². The molecular weight excluding hydrogens is 403 g/mol. The van der Waals surface area contributed by atoms with Gasteiger partial charge in [0.1, 0.15) is 5.82 Å². The van der Waals surface area contributed by atoms with Crippen LogP contribution in [0.25, 0.3) is 11.3 Å². The van der Waals surface area contributed by atoms with Crippen molar-refractivity contribution >= 4 is 17.5 Å². The van der Waals surface area contributed by atoms with Crippen LogP contribution in [0.15, 0.2) is 48.8 Å². The van der Waals surface area contributed by atoms with Gasteiger partial charge in [-0.1, -0.05) is 25.3 Å². The lowest BCUT2D eigenvalue weighted by Crippen LogP contribution is -2.23. The Kier molecular flexibility index (Phi) is 6.06. The molecule has 8 heteroatoms. The Morgan fingerprint density at radius 3 is 2.52 bits per heavy atom. The van der Waals surface area contributed by atoms with Gasteiger partial charge in [0.05, 0.1) is 11.3 Å². The number of hydrogen-bond acceptors (Lipinski definition) is 5. The van der Waals surface area contributed by atoms with E-state index in [1.165, 1.54) is 19.4 Å². The van der Waals surface area contributed by atoms with Crippen molar-refractivity contribution < 1.29 is 13.2 Å². The summed E-state index contributed by atoms with van der Waals surface area (Å²) in [5.74, 6) is 0.884. The van der Waals surface area contributed by atoms with E-state index in [0.717, 1.165) is 37.3 Å². The van der Waals surface area contributed by atoms with E-state index in [1.54, 1.807) is 24.5 Å². The summed E-state index contributed by atoms with van der Waals surface area (Å²) in [6.45, 7) is 1.45. The van der Waals surface area contributed by atoms with Crippen molar-refractivity contribution in [1.29, 1.82) is 0 Å². The van der Waals surface area contributed by atoms with Crippen LogP contribution < -0.4 is 10.6 Å². The van der Waals surface area contributed by atoms with Crippen LogP contribution in [-0.2, 0) is 6.18 Å². The van der Waals surface area contributed by atoms with Crippen LogP contribution in [-0.4, -0.2) is 21.0 Å². The van der Waals surface area contributed by atoms with Gasteiger partial charge in [-0.25, -0.2) is 4.98 Å². The van der Waals surface area contributed by atoms with Crippen molar-refractivity contribution in [1.82, 2.24) is 15.0 Å². The SMILES string of the molecule is Cc1c(Nc2cc(-c3cccnc3)nc(NC3CCCCC3)n2)cccc1C(F)(F)F. The van der Waals surface area contributed by atoms with Crippen LogP contribution in [0.2, 0.25) is 0 Å². The molecule has 1 aliphatic carbocycles. The third-order valence-electron chi connectivity index (χ3n) is 5.52. The van der Waals surface area contributed by atoms with E-state index in [4.69, 9.17) is 0 Å². The lowest BCUT2D eigenvalue weighted by Gasteiger charge is -2.23. The van der Waals surface area contributed by atoms with Crippen molar-refractivity contribution in [2.24, 2.45) is 0 Å². The van der Waals surface area contributed by atoms with E-state index in [0.29, 0.717) is 29.2 Å². The number of aromatic nitrogens is 3. The molecular formula is C23H24F3N5. The van der Waals surface area contributed by atoms with Gasteiger partial charge in [0.15, 0.2) is 0 Å². The number of alkyl halides is 3. The number of nitrogens with zero attached hydrogens (tertiary/aromatic N) is 3. The maximum atomic E-state index is 13.3. The molecule has 31 heavy (non-hydrogen) atoms. The van der Waals surface area contributed by atoms with Gasteiger partial charge in [0.2, 0.25) is 5.95 Å². The summed E-state index contributed by atoms with van der Waals surface area (Å²) < 4.78 is 39.9. The first-order valence-electron chi connectivity index (χ1n) is 10.4. The summed E-state index contributed by atoms with van der Waals surface area (Å²) in [6.07, 6.45) is 4.62. The number of benzene rings is 1. The van der Waals surface area contributed by atoms with Gasteiger partial charge in [-0.2, -0.15) is 18.2 Å². The zero-order valence-corrected chi connectivity index (χ0v) is 17.2. The summed E-state index contributed by atoms with van der Waals surface area (Å²) in [6, 6.07) is 9.81. The zero-order chi connectivity index (χ0) is 21.8. The highest BCUT2D eigenvalue weighted by atomic mass is 19.4. The highest BCUT2D eigenvalue weighted by Crippen LogP contribution is 2.35. The van der Waals surface area contributed by atoms with Crippen LogP contribution >= 0.6 is 0 Å². The topological polar surface area (TPSA) is 62.7 Å². The molecule has 1 aliphatic rings. The largest absolute Gasteiger partial charge is 0.416 e. The molecule has 0 spiro atoms. The van der Waals surface area contributed by atoms with Crippen LogP contribution in [0.5, 0.6) is 0 Å². The quantitative estimate of drug-likeness (QED) is 0.496. The Labute approximate surface area is 179 Å². The summed E-state index contributed by atoms with van der Waals surface area (Å²) in [5.41, 5.74) is 1.26. The summed E-state index contributed by atoms with van der Waals surface area (Å²) >= 11 is 0. The fourth-order valence-corrected chi connectivity index (χ4v) is 3.88. The number of hydrogen-bond donors (Lipinski definition) is 2. The van der Waals surface area contributed by atoms with E-state index >= 15 is 0 Å². The van der Waals surface area contributed by atoms with E-state index in [-0.39, 0.29) is 5.56 Å². The molecule has 0 radical (unpaired) electrons. The molecule has 3 aromatic rings. The highest BCUT2D eigenvalue weighted by molar-refractivity contribution is 5.68. The predicted molar refractivity (Wildman–Crippen MR) is 115 cm³/mol. The Hall–Kier alpha value is -3.16. The lowest BCUT2D eigenvalue weighted by atomic mass is 9.96. The zero-order valence-electron chi connectivity index (χ0n) is 17.2. The number of pyridine rings is 1. The molecule has 5 nitrogen and oxygen atoms in total. The normalized spacial score (nSPS) is 15.0. The molecule has 0 atom stereocenters. The van der Waals surface area contributed by atoms with Gasteiger partial charge < -0.3 is 10.6 Å². The molecule has 1 saturated carbocycles. The van der Waals surface area contributed by atoms with Crippen molar-refractivity contribution in [2.45, 2.75) is 51.2 Å². The summed E-state index contributed by atoms with van der Waals surface area (Å²) in [5, 5.41) is 6.47. The fourth-order valence-electron chi connectivity index (χ4n) is 3.88.